The van der Waals surface area contributed by atoms with Gasteiger partial charge in [-0.05, 0) is 47.5 Å². The van der Waals surface area contributed by atoms with Crippen molar-refractivity contribution in [2.45, 2.75) is 6.61 Å². The molecule has 25 heavy (non-hydrogen) atoms. The van der Waals surface area contributed by atoms with Crippen LogP contribution in [0.1, 0.15) is 11.1 Å². The van der Waals surface area contributed by atoms with E-state index < -0.39 is 5.82 Å². The molecule has 0 aromatic heterocycles. The summed E-state index contributed by atoms with van der Waals surface area (Å²) in [6.45, 7) is 0.204. The molecule has 0 radical (unpaired) electrons. The van der Waals surface area contributed by atoms with Gasteiger partial charge in [0.1, 0.15) is 12.4 Å². The number of benzene rings is 3. The minimum Gasteiger partial charge on any atom is -0.454 e. The Hall–Kier alpha value is -2.85. The van der Waals surface area contributed by atoms with Crippen LogP contribution in [0.4, 0.5) is 4.39 Å². The number of para-hydroxylation sites is 1. The first-order chi connectivity index (χ1) is 12.2. The highest BCUT2D eigenvalue weighted by molar-refractivity contribution is 6.30. The second-order valence-electron chi connectivity index (χ2n) is 5.24. The van der Waals surface area contributed by atoms with Crippen LogP contribution in [0, 0.1) is 5.82 Å². The standard InChI is InChI=1S/C20H15ClFNO2/c21-17-9-6-15(7-10-17)13-23-24-14-16-8-11-19(22)20(12-16)25-18-4-2-1-3-5-18/h1-13H,14H2. The van der Waals surface area contributed by atoms with Gasteiger partial charge in [0.25, 0.3) is 0 Å². The average Bonchev–Trinajstić information content (AvgIpc) is 2.64. The Labute approximate surface area is 150 Å². The van der Waals surface area contributed by atoms with Gasteiger partial charge in [0.2, 0.25) is 0 Å². The molecule has 3 aromatic rings. The monoisotopic (exact) mass is 355 g/mol. The fourth-order valence-corrected chi connectivity index (χ4v) is 2.22. The molecule has 0 unspecified atom stereocenters. The average molecular weight is 356 g/mol. The lowest BCUT2D eigenvalue weighted by Gasteiger charge is -2.08. The Morgan fingerprint density at radius 3 is 2.48 bits per heavy atom. The van der Waals surface area contributed by atoms with Crippen LogP contribution in [0.5, 0.6) is 11.5 Å². The molecule has 3 aromatic carbocycles. The summed E-state index contributed by atoms with van der Waals surface area (Å²) in [5.41, 5.74) is 1.62. The Morgan fingerprint density at radius 2 is 1.72 bits per heavy atom. The van der Waals surface area contributed by atoms with E-state index in [9.17, 15) is 4.39 Å². The highest BCUT2D eigenvalue weighted by Gasteiger charge is 2.06. The number of hydrogen-bond acceptors (Lipinski definition) is 3. The predicted octanol–water partition coefficient (Wildman–Crippen LogP) is 5.82. The molecule has 126 valence electrons. The van der Waals surface area contributed by atoms with Gasteiger partial charge in [0.15, 0.2) is 11.6 Å². The zero-order valence-corrected chi connectivity index (χ0v) is 14.0. The SMILES string of the molecule is Fc1ccc(CON=Cc2ccc(Cl)cc2)cc1Oc1ccccc1. The topological polar surface area (TPSA) is 30.8 Å². The van der Waals surface area contributed by atoms with E-state index in [1.807, 2.05) is 30.3 Å². The Morgan fingerprint density at radius 1 is 0.960 bits per heavy atom. The summed E-state index contributed by atoms with van der Waals surface area (Å²) < 4.78 is 19.4. The molecule has 0 spiro atoms. The van der Waals surface area contributed by atoms with Crippen LogP contribution < -0.4 is 4.74 Å². The normalized spacial score (nSPS) is 10.8. The predicted molar refractivity (Wildman–Crippen MR) is 96.8 cm³/mol. The number of ether oxygens (including phenoxy) is 1. The van der Waals surface area contributed by atoms with Gasteiger partial charge in [-0.2, -0.15) is 0 Å². The summed E-state index contributed by atoms with van der Waals surface area (Å²) in [6, 6.07) is 20.8. The highest BCUT2D eigenvalue weighted by Crippen LogP contribution is 2.25. The maximum Gasteiger partial charge on any atom is 0.165 e. The van der Waals surface area contributed by atoms with Crippen molar-refractivity contribution in [1.29, 1.82) is 0 Å². The van der Waals surface area contributed by atoms with E-state index in [-0.39, 0.29) is 12.4 Å². The third kappa shape index (κ3) is 5.06. The van der Waals surface area contributed by atoms with Crippen LogP contribution in [-0.2, 0) is 11.4 Å². The maximum absolute atomic E-state index is 13.9. The molecule has 0 bridgehead atoms. The van der Waals surface area contributed by atoms with Crippen LogP contribution in [0.3, 0.4) is 0 Å². The molecule has 0 aliphatic rings. The van der Waals surface area contributed by atoms with Crippen molar-refractivity contribution >= 4 is 17.8 Å². The molecule has 0 N–H and O–H groups in total. The summed E-state index contributed by atoms with van der Waals surface area (Å²) >= 11 is 5.82. The van der Waals surface area contributed by atoms with Crippen LogP contribution in [0.25, 0.3) is 0 Å². The lowest BCUT2D eigenvalue weighted by molar-refractivity contribution is 0.132. The molecule has 3 rings (SSSR count). The second-order valence-corrected chi connectivity index (χ2v) is 5.68. The molecular formula is C20H15ClFNO2. The minimum absolute atomic E-state index is 0.147. The molecule has 0 amide bonds. The van der Waals surface area contributed by atoms with Gasteiger partial charge < -0.3 is 9.57 Å². The summed E-state index contributed by atoms with van der Waals surface area (Å²) in [5.74, 6) is 0.284. The number of nitrogens with zero attached hydrogens (tertiary/aromatic N) is 1. The molecule has 5 heteroatoms. The van der Waals surface area contributed by atoms with Crippen molar-refractivity contribution < 1.29 is 14.0 Å². The Balaban J connectivity index is 1.61. The van der Waals surface area contributed by atoms with E-state index in [0.717, 1.165) is 11.1 Å². The van der Waals surface area contributed by atoms with Crippen LogP contribution in [0.2, 0.25) is 5.02 Å². The van der Waals surface area contributed by atoms with Gasteiger partial charge >= 0.3 is 0 Å². The van der Waals surface area contributed by atoms with E-state index in [1.54, 1.807) is 42.6 Å². The van der Waals surface area contributed by atoms with Crippen LogP contribution in [0.15, 0.2) is 78.0 Å². The number of rotatable bonds is 6. The zero-order valence-electron chi connectivity index (χ0n) is 13.2. The van der Waals surface area contributed by atoms with Crippen LogP contribution >= 0.6 is 11.6 Å². The minimum atomic E-state index is -0.433. The molecule has 0 heterocycles. The van der Waals surface area contributed by atoms with E-state index >= 15 is 0 Å². The lowest BCUT2D eigenvalue weighted by atomic mass is 10.2. The van der Waals surface area contributed by atoms with Crippen molar-refractivity contribution in [3.8, 4) is 11.5 Å². The summed E-state index contributed by atoms with van der Waals surface area (Å²) in [4.78, 5) is 5.26. The van der Waals surface area contributed by atoms with Crippen molar-refractivity contribution in [2.75, 3.05) is 0 Å². The van der Waals surface area contributed by atoms with Crippen LogP contribution in [-0.4, -0.2) is 6.21 Å². The molecule has 0 saturated heterocycles. The Bertz CT molecular complexity index is 851. The van der Waals surface area contributed by atoms with Gasteiger partial charge in [0, 0.05) is 5.02 Å². The van der Waals surface area contributed by atoms with E-state index in [0.29, 0.717) is 10.8 Å². The third-order valence-corrected chi connectivity index (χ3v) is 3.60. The lowest BCUT2D eigenvalue weighted by Crippen LogP contribution is -1.93. The van der Waals surface area contributed by atoms with Gasteiger partial charge in [0.05, 0.1) is 6.21 Å². The Kier molecular flexibility index (Phi) is 5.65. The van der Waals surface area contributed by atoms with Gasteiger partial charge in [-0.1, -0.05) is 53.2 Å². The summed E-state index contributed by atoms with van der Waals surface area (Å²) in [7, 11) is 0. The van der Waals surface area contributed by atoms with Gasteiger partial charge in [-0.3, -0.25) is 0 Å². The van der Waals surface area contributed by atoms with Crippen molar-refractivity contribution in [3.63, 3.8) is 0 Å². The molecule has 0 aliphatic heterocycles. The first-order valence-corrected chi connectivity index (χ1v) is 8.01. The summed E-state index contributed by atoms with van der Waals surface area (Å²) in [5, 5.41) is 4.56. The molecule has 0 aliphatic carbocycles. The fourth-order valence-electron chi connectivity index (χ4n) is 2.09. The maximum atomic E-state index is 13.9. The van der Waals surface area contributed by atoms with Gasteiger partial charge in [-0.15, -0.1) is 0 Å². The van der Waals surface area contributed by atoms with Crippen molar-refractivity contribution in [3.05, 3.63) is 94.8 Å². The highest BCUT2D eigenvalue weighted by atomic mass is 35.5. The molecule has 0 atom stereocenters. The first kappa shape index (κ1) is 17.0. The number of hydrogen-bond donors (Lipinski definition) is 0. The summed E-state index contributed by atoms with van der Waals surface area (Å²) in [6.07, 6.45) is 1.58. The second kappa shape index (κ2) is 8.31. The first-order valence-electron chi connectivity index (χ1n) is 7.63. The third-order valence-electron chi connectivity index (χ3n) is 3.34. The van der Waals surface area contributed by atoms with E-state index in [4.69, 9.17) is 21.2 Å². The van der Waals surface area contributed by atoms with Gasteiger partial charge in [-0.25, -0.2) is 4.39 Å². The molecule has 0 fully saturated rings. The smallest absolute Gasteiger partial charge is 0.165 e. The largest absolute Gasteiger partial charge is 0.454 e. The molecule has 0 saturated carbocycles. The molecular weight excluding hydrogens is 341 g/mol. The van der Waals surface area contributed by atoms with E-state index in [1.165, 1.54) is 6.07 Å². The van der Waals surface area contributed by atoms with Crippen molar-refractivity contribution in [2.24, 2.45) is 5.16 Å². The number of oxime groups is 1. The molecule has 3 nitrogen and oxygen atoms in total. The van der Waals surface area contributed by atoms with Crippen molar-refractivity contribution in [1.82, 2.24) is 0 Å². The number of halogens is 2. The van der Waals surface area contributed by atoms with E-state index in [2.05, 4.69) is 5.16 Å². The fraction of sp³-hybridized carbons (Fsp3) is 0.0500. The zero-order chi connectivity index (χ0) is 17.5. The quantitative estimate of drug-likeness (QED) is 0.412.